The topological polar surface area (TPSA) is 49.5 Å². The predicted octanol–water partition coefficient (Wildman–Crippen LogP) is 3.02. The Hall–Kier alpha value is -0.740. The number of aliphatic hydroxyl groups is 1. The highest BCUT2D eigenvalue weighted by Gasteiger charge is 2.17. The number of aliphatic hydroxyl groups excluding tert-OH is 1. The van der Waals surface area contributed by atoms with Crippen molar-refractivity contribution < 1.29 is 5.11 Å². The Morgan fingerprint density at radius 3 is 2.47 bits per heavy atom. The van der Waals surface area contributed by atoms with E-state index in [1.54, 1.807) is 0 Å². The van der Waals surface area contributed by atoms with E-state index in [2.05, 4.69) is 34.7 Å². The number of halogens is 1. The Labute approximate surface area is 112 Å². The maximum atomic E-state index is 9.19. The molecular weight excluding hydrogens is 280 g/mol. The van der Waals surface area contributed by atoms with Gasteiger partial charge in [-0.1, -0.05) is 29.8 Å². The molecule has 0 saturated carbocycles. The highest BCUT2D eigenvalue weighted by atomic mass is 79.9. The number of nitrogens with zero attached hydrogens (tertiary/aromatic N) is 1. The van der Waals surface area contributed by atoms with Gasteiger partial charge in [0, 0.05) is 17.1 Å². The fourth-order valence-electron chi connectivity index (χ4n) is 2.12. The van der Waals surface area contributed by atoms with Crippen LogP contribution in [0.15, 0.2) is 22.7 Å². The van der Waals surface area contributed by atoms with Crippen LogP contribution >= 0.6 is 15.9 Å². The Morgan fingerprint density at radius 1 is 1.35 bits per heavy atom. The molecule has 4 heteroatoms. The van der Waals surface area contributed by atoms with Crippen LogP contribution in [-0.2, 0) is 0 Å². The molecule has 0 saturated heterocycles. The van der Waals surface area contributed by atoms with Gasteiger partial charge in [0.1, 0.15) is 0 Å². The maximum absolute atomic E-state index is 9.19. The largest absolute Gasteiger partial charge is 0.397 e. The number of benzene rings is 1. The summed E-state index contributed by atoms with van der Waals surface area (Å²) >= 11 is 3.41. The number of nitrogens with two attached hydrogens (primary N) is 1. The normalized spacial score (nSPS) is 10.9. The summed E-state index contributed by atoms with van der Waals surface area (Å²) in [6.45, 7) is 5.09. The van der Waals surface area contributed by atoms with Gasteiger partial charge in [0.05, 0.1) is 18.0 Å². The van der Waals surface area contributed by atoms with Crippen molar-refractivity contribution in [3.05, 3.63) is 22.7 Å². The summed E-state index contributed by atoms with van der Waals surface area (Å²) in [5.41, 5.74) is 7.81. The fraction of sp³-hybridized carbons (Fsp3) is 0.538. The number of hydrogen-bond acceptors (Lipinski definition) is 3. The molecule has 0 spiro atoms. The van der Waals surface area contributed by atoms with Crippen molar-refractivity contribution in [1.82, 2.24) is 0 Å². The van der Waals surface area contributed by atoms with Crippen LogP contribution in [0.4, 0.5) is 11.4 Å². The van der Waals surface area contributed by atoms with E-state index >= 15 is 0 Å². The molecule has 0 atom stereocenters. The molecule has 1 rings (SSSR count). The SMILES string of the molecule is CCC(CC)N(CCO)c1ccc(Br)cc1N. The quantitative estimate of drug-likeness (QED) is 0.794. The lowest BCUT2D eigenvalue weighted by atomic mass is 10.1. The lowest BCUT2D eigenvalue weighted by molar-refractivity contribution is 0.296. The molecular formula is C13H21BrN2O. The van der Waals surface area contributed by atoms with Crippen molar-refractivity contribution in [2.75, 3.05) is 23.8 Å². The second kappa shape index (κ2) is 6.87. The number of anilines is 2. The van der Waals surface area contributed by atoms with E-state index in [-0.39, 0.29) is 6.61 Å². The Bertz CT molecular complexity index is 353. The van der Waals surface area contributed by atoms with Crippen molar-refractivity contribution in [2.24, 2.45) is 0 Å². The minimum atomic E-state index is 0.145. The Kier molecular flexibility index (Phi) is 5.78. The molecule has 1 aromatic carbocycles. The zero-order valence-corrected chi connectivity index (χ0v) is 12.1. The second-order valence-electron chi connectivity index (χ2n) is 4.09. The Morgan fingerprint density at radius 2 is 2.00 bits per heavy atom. The summed E-state index contributed by atoms with van der Waals surface area (Å²) < 4.78 is 0.979. The molecule has 0 amide bonds. The zero-order chi connectivity index (χ0) is 12.8. The monoisotopic (exact) mass is 300 g/mol. The number of hydrogen-bond donors (Lipinski definition) is 2. The highest BCUT2D eigenvalue weighted by Crippen LogP contribution is 2.29. The Balaban J connectivity index is 3.03. The molecule has 0 aliphatic rings. The summed E-state index contributed by atoms with van der Waals surface area (Å²) in [6.07, 6.45) is 2.10. The van der Waals surface area contributed by atoms with Crippen LogP contribution in [-0.4, -0.2) is 24.3 Å². The van der Waals surface area contributed by atoms with Gasteiger partial charge in [-0.05, 0) is 31.0 Å². The van der Waals surface area contributed by atoms with E-state index in [4.69, 9.17) is 5.73 Å². The van der Waals surface area contributed by atoms with Gasteiger partial charge in [0.2, 0.25) is 0 Å². The second-order valence-corrected chi connectivity index (χ2v) is 5.01. The minimum Gasteiger partial charge on any atom is -0.397 e. The summed E-state index contributed by atoms with van der Waals surface area (Å²) in [5, 5.41) is 9.19. The van der Waals surface area contributed by atoms with Crippen LogP contribution in [0.3, 0.4) is 0 Å². The van der Waals surface area contributed by atoms with Crippen molar-refractivity contribution in [3.63, 3.8) is 0 Å². The highest BCUT2D eigenvalue weighted by molar-refractivity contribution is 9.10. The van der Waals surface area contributed by atoms with E-state index in [0.29, 0.717) is 12.6 Å². The zero-order valence-electron chi connectivity index (χ0n) is 10.5. The van der Waals surface area contributed by atoms with Crippen LogP contribution in [0, 0.1) is 0 Å². The van der Waals surface area contributed by atoms with Gasteiger partial charge in [-0.25, -0.2) is 0 Å². The standard InChI is InChI=1S/C13H21BrN2O/c1-3-11(4-2)16(7-8-17)13-6-5-10(14)9-12(13)15/h5-6,9,11,17H,3-4,7-8,15H2,1-2H3. The number of nitrogen functional groups attached to an aromatic ring is 1. The van der Waals surface area contributed by atoms with E-state index in [1.807, 2.05) is 18.2 Å². The van der Waals surface area contributed by atoms with E-state index < -0.39 is 0 Å². The molecule has 3 N–H and O–H groups in total. The lowest BCUT2D eigenvalue weighted by Gasteiger charge is -2.33. The molecule has 1 aromatic rings. The predicted molar refractivity (Wildman–Crippen MR) is 77.4 cm³/mol. The first-order chi connectivity index (χ1) is 8.13. The van der Waals surface area contributed by atoms with Crippen molar-refractivity contribution >= 4 is 27.3 Å². The van der Waals surface area contributed by atoms with Crippen molar-refractivity contribution in [1.29, 1.82) is 0 Å². The molecule has 0 aromatic heterocycles. The first-order valence-corrected chi connectivity index (χ1v) is 6.85. The van der Waals surface area contributed by atoms with Gasteiger partial charge in [-0.3, -0.25) is 0 Å². The molecule has 0 aliphatic carbocycles. The molecule has 17 heavy (non-hydrogen) atoms. The van der Waals surface area contributed by atoms with Gasteiger partial charge in [0.15, 0.2) is 0 Å². The van der Waals surface area contributed by atoms with Gasteiger partial charge >= 0.3 is 0 Å². The molecule has 0 heterocycles. The van der Waals surface area contributed by atoms with Gasteiger partial charge in [-0.2, -0.15) is 0 Å². The lowest BCUT2D eigenvalue weighted by Crippen LogP contribution is -2.37. The van der Waals surface area contributed by atoms with E-state index in [1.165, 1.54) is 0 Å². The van der Waals surface area contributed by atoms with Crippen LogP contribution in [0.2, 0.25) is 0 Å². The van der Waals surface area contributed by atoms with Crippen LogP contribution < -0.4 is 10.6 Å². The van der Waals surface area contributed by atoms with Gasteiger partial charge in [-0.15, -0.1) is 0 Å². The number of rotatable bonds is 6. The van der Waals surface area contributed by atoms with Crippen LogP contribution in [0.5, 0.6) is 0 Å². The molecule has 3 nitrogen and oxygen atoms in total. The maximum Gasteiger partial charge on any atom is 0.0606 e. The summed E-state index contributed by atoms with van der Waals surface area (Å²) in [4.78, 5) is 2.20. The summed E-state index contributed by atoms with van der Waals surface area (Å²) in [7, 11) is 0. The molecule has 0 unspecified atom stereocenters. The first-order valence-electron chi connectivity index (χ1n) is 6.06. The van der Waals surface area contributed by atoms with E-state index in [9.17, 15) is 5.11 Å². The molecule has 0 radical (unpaired) electrons. The van der Waals surface area contributed by atoms with Crippen LogP contribution in [0.1, 0.15) is 26.7 Å². The summed E-state index contributed by atoms with van der Waals surface area (Å²) in [5.74, 6) is 0. The molecule has 0 bridgehead atoms. The van der Waals surface area contributed by atoms with Crippen molar-refractivity contribution in [2.45, 2.75) is 32.7 Å². The smallest absolute Gasteiger partial charge is 0.0606 e. The average Bonchev–Trinajstić information content (AvgIpc) is 2.30. The van der Waals surface area contributed by atoms with Crippen molar-refractivity contribution in [3.8, 4) is 0 Å². The van der Waals surface area contributed by atoms with Gasteiger partial charge in [0.25, 0.3) is 0 Å². The fourth-order valence-corrected chi connectivity index (χ4v) is 2.50. The molecule has 0 aliphatic heterocycles. The van der Waals surface area contributed by atoms with Gasteiger partial charge < -0.3 is 15.7 Å². The first kappa shape index (κ1) is 14.3. The molecule has 96 valence electrons. The third-order valence-corrected chi connectivity index (χ3v) is 3.52. The average molecular weight is 301 g/mol. The van der Waals surface area contributed by atoms with E-state index in [0.717, 1.165) is 28.7 Å². The third-order valence-electron chi connectivity index (χ3n) is 3.02. The minimum absolute atomic E-state index is 0.145. The summed E-state index contributed by atoms with van der Waals surface area (Å²) in [6, 6.07) is 6.32. The third kappa shape index (κ3) is 3.61. The van der Waals surface area contributed by atoms with Crippen LogP contribution in [0.25, 0.3) is 0 Å². The molecule has 0 fully saturated rings.